The SMILES string of the molecule is COCCn1c(SCC(=O)Nc2ccc(F)c(F)c2F)nc2ccccc21. The van der Waals surface area contributed by atoms with Gasteiger partial charge in [0.05, 0.1) is 29.1 Å². The van der Waals surface area contributed by atoms with Gasteiger partial charge in [-0.25, -0.2) is 18.2 Å². The van der Waals surface area contributed by atoms with E-state index < -0.39 is 29.0 Å². The Morgan fingerprint density at radius 2 is 1.96 bits per heavy atom. The Morgan fingerprint density at radius 1 is 1.19 bits per heavy atom. The van der Waals surface area contributed by atoms with Crippen molar-refractivity contribution < 1.29 is 22.7 Å². The molecule has 142 valence electrons. The van der Waals surface area contributed by atoms with Gasteiger partial charge in [0.1, 0.15) is 0 Å². The van der Waals surface area contributed by atoms with Gasteiger partial charge in [-0.1, -0.05) is 23.9 Å². The summed E-state index contributed by atoms with van der Waals surface area (Å²) in [7, 11) is 1.59. The number of nitrogens with one attached hydrogen (secondary N) is 1. The first-order valence-electron chi connectivity index (χ1n) is 8.01. The van der Waals surface area contributed by atoms with Crippen molar-refractivity contribution >= 4 is 34.4 Å². The number of anilines is 1. The summed E-state index contributed by atoms with van der Waals surface area (Å²) in [6, 6.07) is 9.26. The fraction of sp³-hybridized carbons (Fsp3) is 0.222. The minimum Gasteiger partial charge on any atom is -0.383 e. The summed E-state index contributed by atoms with van der Waals surface area (Å²) in [5, 5.41) is 2.85. The summed E-state index contributed by atoms with van der Waals surface area (Å²) in [5.74, 6) is -5.00. The maximum absolute atomic E-state index is 13.7. The van der Waals surface area contributed by atoms with Gasteiger partial charge in [0, 0.05) is 13.7 Å². The first-order chi connectivity index (χ1) is 13.0. The molecule has 3 aromatic rings. The van der Waals surface area contributed by atoms with Crippen molar-refractivity contribution in [2.45, 2.75) is 11.7 Å². The lowest BCUT2D eigenvalue weighted by molar-refractivity contribution is -0.113. The van der Waals surface area contributed by atoms with Gasteiger partial charge in [0.25, 0.3) is 0 Å². The molecule has 3 rings (SSSR count). The number of benzene rings is 2. The highest BCUT2D eigenvalue weighted by molar-refractivity contribution is 7.99. The minimum absolute atomic E-state index is 0.0747. The predicted octanol–water partition coefficient (Wildman–Crippen LogP) is 3.83. The number of imidazole rings is 1. The molecule has 0 saturated heterocycles. The van der Waals surface area contributed by atoms with Gasteiger partial charge in [-0.15, -0.1) is 0 Å². The van der Waals surface area contributed by atoms with Crippen molar-refractivity contribution in [1.82, 2.24) is 9.55 Å². The molecule has 0 aliphatic heterocycles. The van der Waals surface area contributed by atoms with Crippen LogP contribution >= 0.6 is 11.8 Å². The Bertz CT molecular complexity index is 978. The number of rotatable bonds is 7. The molecule has 1 amide bonds. The molecule has 0 unspecified atom stereocenters. The second kappa shape index (κ2) is 8.45. The molecule has 9 heteroatoms. The fourth-order valence-electron chi connectivity index (χ4n) is 2.50. The predicted molar refractivity (Wildman–Crippen MR) is 97.3 cm³/mol. The van der Waals surface area contributed by atoms with Crippen LogP contribution in [0.2, 0.25) is 0 Å². The van der Waals surface area contributed by atoms with Crippen LogP contribution in [0.25, 0.3) is 11.0 Å². The number of halogens is 3. The van der Waals surface area contributed by atoms with Gasteiger partial charge < -0.3 is 14.6 Å². The summed E-state index contributed by atoms with van der Waals surface area (Å²) in [6.07, 6.45) is 0. The van der Waals surface area contributed by atoms with Gasteiger partial charge in [0.15, 0.2) is 22.6 Å². The van der Waals surface area contributed by atoms with Gasteiger partial charge in [-0.05, 0) is 24.3 Å². The summed E-state index contributed by atoms with van der Waals surface area (Å²) in [5.41, 5.74) is 1.28. The standard InChI is InChI=1S/C18H16F3N3O2S/c1-26-9-8-24-14-5-3-2-4-12(14)23-18(24)27-10-15(25)22-13-7-6-11(19)16(20)17(13)21/h2-7H,8-10H2,1H3,(H,22,25). The lowest BCUT2D eigenvalue weighted by atomic mass is 10.3. The van der Waals surface area contributed by atoms with Crippen LogP contribution in [-0.2, 0) is 16.1 Å². The molecule has 0 radical (unpaired) electrons. The normalized spacial score (nSPS) is 11.1. The van der Waals surface area contributed by atoms with Crippen LogP contribution in [0.4, 0.5) is 18.9 Å². The van der Waals surface area contributed by atoms with Crippen LogP contribution in [0.5, 0.6) is 0 Å². The number of methoxy groups -OCH3 is 1. The molecule has 1 N–H and O–H groups in total. The average molecular weight is 395 g/mol. The topological polar surface area (TPSA) is 56.1 Å². The molecule has 5 nitrogen and oxygen atoms in total. The van der Waals surface area contributed by atoms with Gasteiger partial charge in [-0.3, -0.25) is 4.79 Å². The van der Waals surface area contributed by atoms with Crippen molar-refractivity contribution in [1.29, 1.82) is 0 Å². The number of ether oxygens (including phenoxy) is 1. The zero-order chi connectivity index (χ0) is 19.4. The van der Waals surface area contributed by atoms with Gasteiger partial charge in [0.2, 0.25) is 5.91 Å². The van der Waals surface area contributed by atoms with Crippen molar-refractivity contribution in [2.75, 3.05) is 24.8 Å². The van der Waals surface area contributed by atoms with Crippen molar-refractivity contribution in [3.8, 4) is 0 Å². The van der Waals surface area contributed by atoms with E-state index in [0.29, 0.717) is 18.3 Å². The number of amides is 1. The molecule has 1 aromatic heterocycles. The molecule has 0 aliphatic rings. The summed E-state index contributed by atoms with van der Waals surface area (Å²) >= 11 is 1.16. The molecule has 2 aromatic carbocycles. The highest BCUT2D eigenvalue weighted by Gasteiger charge is 2.17. The third kappa shape index (κ3) is 4.25. The van der Waals surface area contributed by atoms with Crippen LogP contribution in [-0.4, -0.2) is 34.9 Å². The zero-order valence-electron chi connectivity index (χ0n) is 14.3. The van der Waals surface area contributed by atoms with Gasteiger partial charge in [-0.2, -0.15) is 0 Å². The van der Waals surface area contributed by atoms with Crippen LogP contribution in [0.3, 0.4) is 0 Å². The Morgan fingerprint density at radius 3 is 2.74 bits per heavy atom. The van der Waals surface area contributed by atoms with E-state index in [-0.39, 0.29) is 5.75 Å². The zero-order valence-corrected chi connectivity index (χ0v) is 15.2. The van der Waals surface area contributed by atoms with E-state index in [9.17, 15) is 18.0 Å². The fourth-order valence-corrected chi connectivity index (χ4v) is 3.34. The van der Waals surface area contributed by atoms with Crippen LogP contribution in [0.15, 0.2) is 41.6 Å². The maximum Gasteiger partial charge on any atom is 0.234 e. The monoisotopic (exact) mass is 395 g/mol. The molecule has 0 atom stereocenters. The molecule has 0 aliphatic carbocycles. The highest BCUT2D eigenvalue weighted by Crippen LogP contribution is 2.25. The Kier molecular flexibility index (Phi) is 6.02. The van der Waals surface area contributed by atoms with Crippen LogP contribution in [0.1, 0.15) is 0 Å². The Hall–Kier alpha value is -2.52. The van der Waals surface area contributed by atoms with E-state index in [1.165, 1.54) is 0 Å². The third-order valence-corrected chi connectivity index (χ3v) is 4.76. The smallest absolute Gasteiger partial charge is 0.234 e. The highest BCUT2D eigenvalue weighted by atomic mass is 32.2. The Balaban J connectivity index is 1.73. The van der Waals surface area contributed by atoms with Crippen LogP contribution < -0.4 is 5.32 Å². The van der Waals surface area contributed by atoms with Crippen molar-refractivity contribution in [3.63, 3.8) is 0 Å². The van der Waals surface area contributed by atoms with E-state index in [2.05, 4.69) is 10.3 Å². The number of carbonyl (C=O) groups is 1. The first-order valence-corrected chi connectivity index (χ1v) is 9.00. The van der Waals surface area contributed by atoms with Gasteiger partial charge >= 0.3 is 0 Å². The summed E-state index contributed by atoms with van der Waals surface area (Å²) in [4.78, 5) is 16.6. The number of para-hydroxylation sites is 2. The third-order valence-electron chi connectivity index (χ3n) is 3.78. The molecule has 0 spiro atoms. The molecule has 1 heterocycles. The van der Waals surface area contributed by atoms with Crippen LogP contribution in [0, 0.1) is 17.5 Å². The number of hydrogen-bond donors (Lipinski definition) is 1. The number of fused-ring (bicyclic) bond motifs is 1. The van der Waals surface area contributed by atoms with E-state index in [0.717, 1.165) is 34.9 Å². The summed E-state index contributed by atoms with van der Waals surface area (Å²) in [6.45, 7) is 1.03. The quantitative estimate of drug-likeness (QED) is 0.488. The second-order valence-electron chi connectivity index (χ2n) is 5.59. The maximum atomic E-state index is 13.7. The van der Waals surface area contributed by atoms with E-state index in [1.807, 2.05) is 28.8 Å². The molecular formula is C18H16F3N3O2S. The first kappa shape index (κ1) is 19.2. The van der Waals surface area contributed by atoms with E-state index in [4.69, 9.17) is 4.74 Å². The lowest BCUT2D eigenvalue weighted by Gasteiger charge is -2.09. The molecule has 0 fully saturated rings. The van der Waals surface area contributed by atoms with E-state index in [1.54, 1.807) is 7.11 Å². The number of nitrogens with zero attached hydrogens (tertiary/aromatic N) is 2. The average Bonchev–Trinajstić information content (AvgIpc) is 3.02. The summed E-state index contributed by atoms with van der Waals surface area (Å²) < 4.78 is 46.9. The lowest BCUT2D eigenvalue weighted by Crippen LogP contribution is -2.16. The minimum atomic E-state index is -1.62. The van der Waals surface area contributed by atoms with E-state index >= 15 is 0 Å². The molecule has 0 saturated carbocycles. The number of carbonyl (C=O) groups excluding carboxylic acids is 1. The molecule has 0 bridgehead atoms. The largest absolute Gasteiger partial charge is 0.383 e. The molecule has 27 heavy (non-hydrogen) atoms. The number of thioether (sulfide) groups is 1. The number of aromatic nitrogens is 2. The molecular weight excluding hydrogens is 379 g/mol. The number of hydrogen-bond acceptors (Lipinski definition) is 4. The van der Waals surface area contributed by atoms with Crippen molar-refractivity contribution in [2.24, 2.45) is 0 Å². The van der Waals surface area contributed by atoms with Crippen molar-refractivity contribution in [3.05, 3.63) is 53.8 Å². The Labute approximate surface area is 157 Å². The second-order valence-corrected chi connectivity index (χ2v) is 6.53.